The van der Waals surface area contributed by atoms with Gasteiger partial charge in [-0.25, -0.2) is 0 Å². The van der Waals surface area contributed by atoms with Gasteiger partial charge in [0.25, 0.3) is 5.91 Å². The summed E-state index contributed by atoms with van der Waals surface area (Å²) in [6.07, 6.45) is 7.79. The summed E-state index contributed by atoms with van der Waals surface area (Å²) in [6.45, 7) is 5.68. The average molecular weight is 574 g/mol. The fourth-order valence-electron chi connectivity index (χ4n) is 4.93. The van der Waals surface area contributed by atoms with Crippen LogP contribution in [0, 0.1) is 0 Å². The van der Waals surface area contributed by atoms with E-state index in [0.29, 0.717) is 18.6 Å². The summed E-state index contributed by atoms with van der Waals surface area (Å²) in [7, 11) is 0. The number of carbonyl (C=O) groups excluding carboxylic acids is 1. The van der Waals surface area contributed by atoms with Crippen LogP contribution in [0.4, 0.5) is 5.69 Å². The zero-order chi connectivity index (χ0) is 26.9. The molecule has 2 aromatic carbocycles. The third kappa shape index (κ3) is 7.56. The SMILES string of the molecule is CSOc1ccc(N(Cc2ccccc2)C2CCN(C(C)CCNC(=O)c3c(Cl)cncc3Cl)CC2)cc1. The second-order valence-corrected chi connectivity index (χ2v) is 10.8. The van der Waals surface area contributed by atoms with Crippen molar-refractivity contribution in [1.82, 2.24) is 15.2 Å². The fourth-order valence-corrected chi connectivity index (χ4v) is 5.77. The standard InChI is InChI=1S/C29H34Cl2N4O2S/c1-21(12-15-33-29(36)28-26(30)18-32-19-27(28)31)34-16-13-24(14-17-34)35(20-22-6-4-3-5-7-22)23-8-10-25(11-9-23)37-38-2/h3-11,18-19,21,24H,12-17,20H2,1-2H3,(H,33,36). The molecule has 2 heterocycles. The van der Waals surface area contributed by atoms with E-state index in [0.717, 1.165) is 44.6 Å². The van der Waals surface area contributed by atoms with E-state index < -0.39 is 0 Å². The summed E-state index contributed by atoms with van der Waals surface area (Å²) in [4.78, 5) is 21.5. The molecule has 1 aromatic heterocycles. The quantitative estimate of drug-likeness (QED) is 0.257. The topological polar surface area (TPSA) is 57.7 Å². The number of carbonyl (C=O) groups is 1. The normalized spacial score (nSPS) is 15.2. The van der Waals surface area contributed by atoms with Crippen molar-refractivity contribution in [3.8, 4) is 5.75 Å². The molecule has 1 aliphatic heterocycles. The zero-order valence-electron chi connectivity index (χ0n) is 21.8. The van der Waals surface area contributed by atoms with Crippen LogP contribution in [0.2, 0.25) is 10.0 Å². The largest absolute Gasteiger partial charge is 0.426 e. The van der Waals surface area contributed by atoms with Crippen LogP contribution in [0.5, 0.6) is 5.75 Å². The molecule has 0 bridgehead atoms. The molecule has 202 valence electrons. The van der Waals surface area contributed by atoms with Gasteiger partial charge in [0, 0.05) is 62.6 Å². The second-order valence-electron chi connectivity index (χ2n) is 9.50. The van der Waals surface area contributed by atoms with E-state index >= 15 is 0 Å². The summed E-state index contributed by atoms with van der Waals surface area (Å²) >= 11 is 13.6. The molecule has 0 saturated carbocycles. The van der Waals surface area contributed by atoms with Gasteiger partial charge in [-0.05, 0) is 56.0 Å². The van der Waals surface area contributed by atoms with Crippen LogP contribution in [0.1, 0.15) is 42.1 Å². The lowest BCUT2D eigenvalue weighted by molar-refractivity contribution is 0.0945. The Balaban J connectivity index is 1.33. The first-order chi connectivity index (χ1) is 18.5. The number of hydrogen-bond donors (Lipinski definition) is 1. The number of aromatic nitrogens is 1. The number of hydrogen-bond acceptors (Lipinski definition) is 6. The Morgan fingerprint density at radius 3 is 2.39 bits per heavy atom. The molecule has 9 heteroatoms. The van der Waals surface area contributed by atoms with Crippen molar-refractivity contribution in [3.05, 3.63) is 88.2 Å². The van der Waals surface area contributed by atoms with E-state index in [1.807, 2.05) is 18.4 Å². The number of nitrogens with zero attached hydrogens (tertiary/aromatic N) is 3. The number of piperidine rings is 1. The van der Waals surface area contributed by atoms with Crippen LogP contribution in [0.25, 0.3) is 0 Å². The molecule has 6 nitrogen and oxygen atoms in total. The second kappa shape index (κ2) is 14.1. The van der Waals surface area contributed by atoms with Crippen molar-refractivity contribution in [2.45, 2.75) is 44.8 Å². The highest BCUT2D eigenvalue weighted by Crippen LogP contribution is 2.29. The minimum Gasteiger partial charge on any atom is -0.426 e. The van der Waals surface area contributed by atoms with Gasteiger partial charge >= 0.3 is 0 Å². The van der Waals surface area contributed by atoms with Crippen LogP contribution in [0.15, 0.2) is 67.0 Å². The highest BCUT2D eigenvalue weighted by Gasteiger charge is 2.27. The number of pyridine rings is 1. The molecule has 0 radical (unpaired) electrons. The van der Waals surface area contributed by atoms with Crippen LogP contribution < -0.4 is 14.4 Å². The van der Waals surface area contributed by atoms with Gasteiger partial charge in [0.2, 0.25) is 0 Å². The summed E-state index contributed by atoms with van der Waals surface area (Å²) in [5.74, 6) is 0.601. The number of anilines is 1. The molecule has 1 unspecified atom stereocenters. The number of likely N-dealkylation sites (tertiary alicyclic amines) is 1. The average Bonchev–Trinajstić information content (AvgIpc) is 2.93. The monoisotopic (exact) mass is 572 g/mol. The van der Waals surface area contributed by atoms with Crippen molar-refractivity contribution in [1.29, 1.82) is 0 Å². The molecule has 1 aliphatic rings. The Hall–Kier alpha value is -2.45. The first kappa shape index (κ1) is 28.6. The van der Waals surface area contributed by atoms with Gasteiger partial charge < -0.3 is 19.3 Å². The number of benzene rings is 2. The third-order valence-corrected chi connectivity index (χ3v) is 7.97. The molecule has 1 atom stereocenters. The molecule has 3 aromatic rings. The molecule has 38 heavy (non-hydrogen) atoms. The predicted molar refractivity (Wildman–Crippen MR) is 158 cm³/mol. The number of nitrogens with one attached hydrogen (secondary N) is 1. The van der Waals surface area contributed by atoms with Crippen LogP contribution in [-0.2, 0) is 6.54 Å². The van der Waals surface area contributed by atoms with E-state index in [2.05, 4.69) is 69.5 Å². The van der Waals surface area contributed by atoms with E-state index in [9.17, 15) is 4.79 Å². The van der Waals surface area contributed by atoms with Crippen molar-refractivity contribution in [3.63, 3.8) is 0 Å². The van der Waals surface area contributed by atoms with Crippen molar-refractivity contribution in [2.24, 2.45) is 0 Å². The van der Waals surface area contributed by atoms with E-state index in [1.54, 1.807) is 0 Å². The van der Waals surface area contributed by atoms with Gasteiger partial charge in [0.05, 0.1) is 27.7 Å². The van der Waals surface area contributed by atoms with Gasteiger partial charge in [0.15, 0.2) is 0 Å². The van der Waals surface area contributed by atoms with E-state index in [-0.39, 0.29) is 21.5 Å². The maximum Gasteiger partial charge on any atom is 0.254 e. The van der Waals surface area contributed by atoms with Crippen LogP contribution in [0.3, 0.4) is 0 Å². The lowest BCUT2D eigenvalue weighted by atomic mass is 9.99. The molecule has 1 saturated heterocycles. The lowest BCUT2D eigenvalue weighted by Crippen LogP contribution is -2.48. The first-order valence-corrected chi connectivity index (χ1v) is 14.8. The Labute approximate surface area is 239 Å². The molecular formula is C29H34Cl2N4O2S. The summed E-state index contributed by atoms with van der Waals surface area (Å²) in [6, 6.07) is 19.8. The van der Waals surface area contributed by atoms with Crippen molar-refractivity contribution in [2.75, 3.05) is 30.8 Å². The minimum absolute atomic E-state index is 0.261. The number of rotatable bonds is 11. The first-order valence-electron chi connectivity index (χ1n) is 12.9. The Kier molecular flexibility index (Phi) is 10.6. The maximum atomic E-state index is 12.6. The minimum atomic E-state index is -0.265. The maximum absolute atomic E-state index is 12.6. The molecule has 1 fully saturated rings. The van der Waals surface area contributed by atoms with Crippen LogP contribution >= 0.6 is 35.2 Å². The van der Waals surface area contributed by atoms with Gasteiger partial charge in [-0.15, -0.1) is 0 Å². The molecular weight excluding hydrogens is 539 g/mol. The molecule has 1 amide bonds. The Morgan fingerprint density at radius 2 is 1.76 bits per heavy atom. The van der Waals surface area contributed by atoms with E-state index in [1.165, 1.54) is 35.7 Å². The molecule has 0 aliphatic carbocycles. The smallest absolute Gasteiger partial charge is 0.254 e. The highest BCUT2D eigenvalue weighted by molar-refractivity contribution is 7.94. The summed E-state index contributed by atoms with van der Waals surface area (Å²) < 4.78 is 5.58. The molecule has 0 spiro atoms. The zero-order valence-corrected chi connectivity index (χ0v) is 24.1. The van der Waals surface area contributed by atoms with Gasteiger partial charge in [-0.3, -0.25) is 9.78 Å². The predicted octanol–water partition coefficient (Wildman–Crippen LogP) is 6.72. The lowest BCUT2D eigenvalue weighted by Gasteiger charge is -2.42. The summed E-state index contributed by atoms with van der Waals surface area (Å²) in [5, 5.41) is 3.48. The van der Waals surface area contributed by atoms with Crippen LogP contribution in [-0.4, -0.2) is 53.8 Å². The Morgan fingerprint density at radius 1 is 1.11 bits per heavy atom. The molecule has 4 rings (SSSR count). The number of amides is 1. The van der Waals surface area contributed by atoms with Crippen molar-refractivity contribution >= 4 is 46.8 Å². The van der Waals surface area contributed by atoms with E-state index in [4.69, 9.17) is 27.4 Å². The number of halogens is 2. The fraction of sp³-hybridized carbons (Fsp3) is 0.379. The van der Waals surface area contributed by atoms with Gasteiger partial charge in [-0.2, -0.15) is 0 Å². The third-order valence-electron chi connectivity index (χ3n) is 7.04. The van der Waals surface area contributed by atoms with Gasteiger partial charge in [-0.1, -0.05) is 53.5 Å². The van der Waals surface area contributed by atoms with Gasteiger partial charge in [0.1, 0.15) is 5.75 Å². The Bertz CT molecular complexity index is 1150. The van der Waals surface area contributed by atoms with Crippen molar-refractivity contribution < 1.29 is 8.98 Å². The highest BCUT2D eigenvalue weighted by atomic mass is 35.5. The summed E-state index contributed by atoms with van der Waals surface area (Å²) in [5.41, 5.74) is 2.80. The molecule has 1 N–H and O–H groups in total.